The Bertz CT molecular complexity index is 7130. The number of carbonyl (C=O) groups is 1. The lowest BCUT2D eigenvalue weighted by Gasteiger charge is -2.26. The predicted octanol–water partition coefficient (Wildman–Crippen LogP) is 25.9. The second-order valence-electron chi connectivity index (χ2n) is 34.5. The number of rotatable bonds is 17. The van der Waals surface area contributed by atoms with Gasteiger partial charge in [0.2, 0.25) is 5.88 Å². The Kier molecular flexibility index (Phi) is 31.5. The van der Waals surface area contributed by atoms with Crippen LogP contribution in [-0.2, 0) is 6.54 Å². The summed E-state index contributed by atoms with van der Waals surface area (Å²) in [5, 5.41) is 34.5. The molecule has 6 aromatic carbocycles. The molecule has 21 rings (SSSR count). The molecule has 5 fully saturated rings. The summed E-state index contributed by atoms with van der Waals surface area (Å²) in [5.41, 5.74) is 8.02. The first-order chi connectivity index (χ1) is 66.8. The number of benzene rings is 6. The van der Waals surface area contributed by atoms with Gasteiger partial charge in [-0.1, -0.05) is 181 Å². The lowest BCUT2D eigenvalue weighted by Crippen LogP contribution is -2.31. The first kappa shape index (κ1) is 97.1. The van der Waals surface area contributed by atoms with E-state index in [1.807, 2.05) is 31.9 Å². The lowest BCUT2D eigenvalue weighted by molar-refractivity contribution is -0.622. The van der Waals surface area contributed by atoms with Crippen LogP contribution in [0.1, 0.15) is 207 Å². The van der Waals surface area contributed by atoms with E-state index in [1.165, 1.54) is 131 Å². The summed E-state index contributed by atoms with van der Waals surface area (Å²) >= 11 is 8.76. The molecule has 0 aliphatic heterocycles. The number of aromatic carboxylic acids is 1. The van der Waals surface area contributed by atoms with Gasteiger partial charge in [-0.2, -0.15) is 0 Å². The number of hydrogen-bond acceptors (Lipinski definition) is 15. The molecule has 16 aromatic rings. The van der Waals surface area contributed by atoms with Gasteiger partial charge in [0, 0.05) is 92.7 Å². The van der Waals surface area contributed by atoms with Crippen LogP contribution in [0.2, 0.25) is 0 Å². The molecular formula is C103H101Br3F6N16O9. The van der Waals surface area contributed by atoms with E-state index in [2.05, 4.69) is 78.1 Å². The molecule has 10 heterocycles. The van der Waals surface area contributed by atoms with Crippen molar-refractivity contribution in [3.63, 3.8) is 0 Å². The van der Waals surface area contributed by atoms with Gasteiger partial charge in [0.1, 0.15) is 91.8 Å². The predicted molar refractivity (Wildman–Crippen MR) is 525 cm³/mol. The van der Waals surface area contributed by atoms with Crippen LogP contribution < -0.4 is 34.0 Å². The number of carboxylic acid groups (broad SMARTS) is 1. The van der Waals surface area contributed by atoms with Crippen LogP contribution in [0.4, 0.5) is 32.2 Å². The van der Waals surface area contributed by atoms with E-state index in [0.29, 0.717) is 116 Å². The van der Waals surface area contributed by atoms with Crippen molar-refractivity contribution < 1.29 is 64.7 Å². The molecule has 5 aliphatic rings. The smallest absolute Gasteiger partial charge is 0.407 e. The first-order valence-electron chi connectivity index (χ1n) is 46.1. The summed E-state index contributed by atoms with van der Waals surface area (Å²) in [4.78, 5) is 61.2. The van der Waals surface area contributed by atoms with Crippen molar-refractivity contribution in [3.05, 3.63) is 271 Å². The minimum absolute atomic E-state index is 0.0401. The third-order valence-corrected chi connectivity index (χ3v) is 26.8. The standard InChI is InChI=1S/C26H23F2N3O3.C20H19FN4O.C19H19BrFN3O2.C19H20FN3O2.C19H20FN3O.Br2/c27-17-12-10-16(11-13-17)15-30-22(26(33)34)14-21-23(25(30)32)31(18-6-2-1-3-7-18)24(29-21)19-8-4-5-9-20(19)28;1-22-17-12-16-18(20(24-17)26-2)25(13-8-4-3-5-9-13)19(23-16)14-10-6-7-11-15(14)21;1-26-19-17-15(11-16(20)24(19)25)22-18(13-9-5-6-10-14(13)21)23(17)12-7-3-2-4-8-12;1-25-19-17-16(11-12-22(19)24)21-18(14-9-5-6-10-15(14)20)23(17)13-7-3-2-4-8-13;1-24-19-17-16(11-12-21-19)22-18(14-9-5-6-10-15(14)20)23(17)13-7-3-2-4-8-13;1-2/h4-5,8-14,18H,1-3,6-7,15H2,(H,33,34);6-7,10-13H,3-5,8-9H2,2H3;5-6,9-12H,2-4,7-8H2,1H3;5-6,9-13H,2-4,7-8H2,1H3;5-6,9-13H,2-4,7-8H2,1H3;. The van der Waals surface area contributed by atoms with Crippen molar-refractivity contribution in [2.45, 2.75) is 197 Å². The monoisotopic (exact) mass is 2060 g/mol. The van der Waals surface area contributed by atoms with Gasteiger partial charge in [0.25, 0.3) is 16.0 Å². The van der Waals surface area contributed by atoms with Crippen molar-refractivity contribution in [3.8, 4) is 80.5 Å². The van der Waals surface area contributed by atoms with Gasteiger partial charge in [0.05, 0.1) is 79.4 Å². The summed E-state index contributed by atoms with van der Waals surface area (Å²) < 4.78 is 121. The minimum atomic E-state index is -1.28. The molecule has 0 spiro atoms. The van der Waals surface area contributed by atoms with E-state index >= 15 is 0 Å². The van der Waals surface area contributed by atoms with E-state index < -0.39 is 23.2 Å². The Balaban J connectivity index is 0.000000124. The molecule has 0 atom stereocenters. The molecule has 5 aliphatic carbocycles. The zero-order valence-electron chi connectivity index (χ0n) is 75.9. The molecule has 5 saturated carbocycles. The average molecular weight is 2060 g/mol. The maximum atomic E-state index is 14.8. The number of pyridine rings is 5. The molecule has 0 amide bonds. The van der Waals surface area contributed by atoms with Crippen LogP contribution in [-0.4, -0.2) is 102 Å². The number of ether oxygens (including phenoxy) is 4. The molecule has 0 unspecified atom stereocenters. The van der Waals surface area contributed by atoms with Gasteiger partial charge in [-0.3, -0.25) is 9.36 Å². The van der Waals surface area contributed by atoms with Gasteiger partial charge in [0.15, 0.2) is 22.7 Å². The zero-order chi connectivity index (χ0) is 96.1. The second-order valence-corrected chi connectivity index (χ2v) is 35.3. The molecule has 0 bridgehead atoms. The van der Waals surface area contributed by atoms with Crippen LogP contribution in [0.5, 0.6) is 23.5 Å². The normalized spacial score (nSPS) is 15.1. The Morgan fingerprint density at radius 1 is 0.423 bits per heavy atom. The summed E-state index contributed by atoms with van der Waals surface area (Å²) in [6.45, 7) is 7.22. The summed E-state index contributed by atoms with van der Waals surface area (Å²) in [6.07, 6.45) is 29.9. The number of imidazole rings is 5. The Morgan fingerprint density at radius 3 is 1.12 bits per heavy atom. The molecule has 1 N–H and O–H groups in total. The Hall–Kier alpha value is -13.0. The molecule has 10 aromatic heterocycles. The van der Waals surface area contributed by atoms with Gasteiger partial charge in [-0.15, -0.1) is 9.46 Å². The number of nitrogens with zero attached hydrogens (tertiary/aromatic N) is 16. The van der Waals surface area contributed by atoms with E-state index in [1.54, 1.807) is 110 Å². The summed E-state index contributed by atoms with van der Waals surface area (Å²) in [6, 6.07) is 47.6. The zero-order valence-corrected chi connectivity index (χ0v) is 80.7. The van der Waals surface area contributed by atoms with Gasteiger partial charge in [-0.25, -0.2) is 61.0 Å². The summed E-state index contributed by atoms with van der Waals surface area (Å²) in [5.74, 6) is 0.840. The fourth-order valence-corrected chi connectivity index (χ4v) is 20.4. The average Bonchev–Trinajstić information content (AvgIpc) is 1.59. The molecule has 0 saturated heterocycles. The molecule has 137 heavy (non-hydrogen) atoms. The maximum Gasteiger partial charge on any atom is 0.407 e. The van der Waals surface area contributed by atoms with Gasteiger partial charge in [-0.05, 0) is 161 Å². The summed E-state index contributed by atoms with van der Waals surface area (Å²) in [7, 11) is 6.10. The highest BCUT2D eigenvalue weighted by molar-refractivity contribution is 9.93. The van der Waals surface area contributed by atoms with Crippen LogP contribution in [0.25, 0.3) is 117 Å². The fourth-order valence-electron chi connectivity index (χ4n) is 20.0. The fraction of sp³-hybridized carbons (Fsp3) is 0.340. The molecular weight excluding hydrogens is 1960 g/mol. The molecule has 34 heteroatoms. The third kappa shape index (κ3) is 20.4. The van der Waals surface area contributed by atoms with E-state index in [0.717, 1.165) is 139 Å². The Morgan fingerprint density at radius 2 is 0.759 bits per heavy atom. The van der Waals surface area contributed by atoms with Crippen LogP contribution in [0.3, 0.4) is 0 Å². The SMILES string of the molecule is BrBr.COc1c2c(cc(Br)[n+]1[O-])nc(-c1ccccc1F)n2C1CCCCC1.COc1c2c(cc[n+]1[O-])nc(-c1ccccc1F)n2C1CCCCC1.COc1nccc2nc(-c3ccccc3F)n(C3CCCCC3)c12.O=C(O)c1cc2nc(-c3ccccc3F)n(C3CCCCC3)c2c(=O)n1Cc1ccc(F)cc1.[C-]#[N+]c1cc2nc(-c3ccccc3F)n(C3CCCCC3)c2c(OC)n1. The van der Waals surface area contributed by atoms with Crippen LogP contribution in [0, 0.1) is 51.9 Å². The first-order valence-corrected chi connectivity index (χ1v) is 50.6. The topological polar surface area (TPSA) is 269 Å². The van der Waals surface area contributed by atoms with Crippen molar-refractivity contribution >= 4 is 111 Å². The number of aromatic nitrogens is 15. The van der Waals surface area contributed by atoms with E-state index in [4.69, 9.17) is 40.5 Å². The number of fused-ring (bicyclic) bond motifs is 5. The van der Waals surface area contributed by atoms with E-state index in [-0.39, 0.29) is 93.8 Å². The number of carboxylic acids is 1. The third-order valence-electron chi connectivity index (χ3n) is 26.3. The number of hydrogen-bond donors (Lipinski definition) is 1. The van der Waals surface area contributed by atoms with Crippen LogP contribution in [0.15, 0.2) is 198 Å². The molecule has 25 nitrogen and oxygen atoms in total. The largest absolute Gasteiger partial charge is 0.616 e. The van der Waals surface area contributed by atoms with Gasteiger partial charge < -0.3 is 62.1 Å². The molecule has 0 radical (unpaired) electrons. The van der Waals surface area contributed by atoms with Crippen molar-refractivity contribution in [2.24, 2.45) is 0 Å². The molecule has 710 valence electrons. The second kappa shape index (κ2) is 44.4. The quantitative estimate of drug-likeness (QED) is 0.0292. The van der Waals surface area contributed by atoms with Crippen molar-refractivity contribution in [1.82, 2.24) is 62.3 Å². The minimum Gasteiger partial charge on any atom is -0.616 e. The number of halogens is 9. The van der Waals surface area contributed by atoms with E-state index in [9.17, 15) is 51.5 Å². The highest BCUT2D eigenvalue weighted by Gasteiger charge is 2.36. The van der Waals surface area contributed by atoms with Crippen LogP contribution >= 0.6 is 44.2 Å². The maximum absolute atomic E-state index is 14.8. The Labute approximate surface area is 810 Å². The number of methoxy groups -OCH3 is 4. The highest BCUT2D eigenvalue weighted by atomic mass is 80.9. The van der Waals surface area contributed by atoms with Gasteiger partial charge >= 0.3 is 23.6 Å². The lowest BCUT2D eigenvalue weighted by atomic mass is 9.95. The van der Waals surface area contributed by atoms with Crippen molar-refractivity contribution in [2.75, 3.05) is 28.4 Å². The van der Waals surface area contributed by atoms with Crippen molar-refractivity contribution in [1.29, 1.82) is 0 Å². The highest BCUT2D eigenvalue weighted by Crippen LogP contribution is 2.46.